The van der Waals surface area contributed by atoms with Crippen molar-refractivity contribution >= 4 is 17.3 Å². The molecule has 96 valence electrons. The predicted molar refractivity (Wildman–Crippen MR) is 78.0 cm³/mol. The topological polar surface area (TPSA) is 44.1 Å². The van der Waals surface area contributed by atoms with Crippen molar-refractivity contribution < 1.29 is 4.79 Å². The third-order valence-corrected chi connectivity index (χ3v) is 3.42. The van der Waals surface area contributed by atoms with Crippen molar-refractivity contribution in [2.24, 2.45) is 0 Å². The van der Waals surface area contributed by atoms with E-state index in [-0.39, 0.29) is 5.91 Å². The summed E-state index contributed by atoms with van der Waals surface area (Å²) >= 11 is 0. The maximum absolute atomic E-state index is 12.4. The molecule has 0 bridgehead atoms. The molecule has 1 heterocycles. The zero-order chi connectivity index (χ0) is 14.1. The number of anilines is 1. The maximum Gasteiger partial charge on any atom is 0.263 e. The summed E-state index contributed by atoms with van der Waals surface area (Å²) in [4.78, 5) is 14.0. The molecular weight excluding hydrogens is 248 g/mol. The van der Waals surface area contributed by atoms with Gasteiger partial charge in [0.15, 0.2) is 0 Å². The van der Waals surface area contributed by atoms with Crippen LogP contribution in [0.3, 0.4) is 0 Å². The zero-order valence-corrected chi connectivity index (χ0v) is 10.8. The number of carbonyl (C=O) groups excluding carboxylic acids is 1. The van der Waals surface area contributed by atoms with Gasteiger partial charge in [-0.1, -0.05) is 36.9 Å². The van der Waals surface area contributed by atoms with Crippen molar-refractivity contribution in [2.75, 3.05) is 4.90 Å². The lowest BCUT2D eigenvalue weighted by Crippen LogP contribution is -2.21. The van der Waals surface area contributed by atoms with Crippen LogP contribution in [0.15, 0.2) is 55.1 Å². The number of benzene rings is 2. The van der Waals surface area contributed by atoms with Crippen molar-refractivity contribution in [3.05, 3.63) is 71.8 Å². The highest BCUT2D eigenvalue weighted by Crippen LogP contribution is 2.35. The van der Waals surface area contributed by atoms with E-state index in [1.807, 2.05) is 48.5 Å². The average Bonchev–Trinajstić information content (AvgIpc) is 2.73. The Balaban J connectivity index is 1.99. The number of carbonyl (C=O) groups is 1. The Hall–Kier alpha value is -2.86. The van der Waals surface area contributed by atoms with Crippen LogP contribution in [-0.4, -0.2) is 5.91 Å². The molecule has 20 heavy (non-hydrogen) atoms. The van der Waals surface area contributed by atoms with E-state index < -0.39 is 0 Å². The number of rotatable bonds is 2. The third-order valence-electron chi connectivity index (χ3n) is 3.42. The van der Waals surface area contributed by atoms with Crippen molar-refractivity contribution in [2.45, 2.75) is 6.42 Å². The van der Waals surface area contributed by atoms with Crippen LogP contribution < -0.4 is 4.90 Å². The van der Waals surface area contributed by atoms with E-state index in [9.17, 15) is 4.79 Å². The standard InChI is InChI=1S/C17H12N2O/c1-12-15-4-2-3-5-16(15)17(20)19(12)14-8-6-13(7-9-14)10-11-18/h2-9H,1,10H2. The van der Waals surface area contributed by atoms with E-state index in [1.54, 1.807) is 4.90 Å². The molecule has 0 saturated heterocycles. The average molecular weight is 260 g/mol. The summed E-state index contributed by atoms with van der Waals surface area (Å²) in [5.41, 5.74) is 3.96. The Morgan fingerprint density at radius 3 is 2.30 bits per heavy atom. The molecule has 1 aliphatic rings. The van der Waals surface area contributed by atoms with Crippen molar-refractivity contribution in [1.29, 1.82) is 5.26 Å². The molecule has 3 heteroatoms. The molecule has 3 rings (SSSR count). The fourth-order valence-electron chi connectivity index (χ4n) is 2.41. The smallest absolute Gasteiger partial charge is 0.263 e. The molecule has 0 saturated carbocycles. The Kier molecular flexibility index (Phi) is 2.85. The van der Waals surface area contributed by atoms with Crippen LogP contribution in [0.5, 0.6) is 0 Å². The second-order valence-electron chi connectivity index (χ2n) is 4.63. The first-order valence-corrected chi connectivity index (χ1v) is 6.31. The van der Waals surface area contributed by atoms with Crippen LogP contribution in [0, 0.1) is 11.3 Å². The Morgan fingerprint density at radius 2 is 1.70 bits per heavy atom. The Labute approximate surface area is 117 Å². The van der Waals surface area contributed by atoms with Gasteiger partial charge in [-0.3, -0.25) is 9.69 Å². The molecule has 3 nitrogen and oxygen atoms in total. The minimum absolute atomic E-state index is 0.0568. The number of nitriles is 1. The number of nitrogens with zero attached hydrogens (tertiary/aromatic N) is 2. The molecule has 1 aliphatic heterocycles. The van der Waals surface area contributed by atoms with Crippen LogP contribution in [0.1, 0.15) is 21.5 Å². The van der Waals surface area contributed by atoms with Gasteiger partial charge in [-0.05, 0) is 23.8 Å². The van der Waals surface area contributed by atoms with E-state index in [2.05, 4.69) is 12.6 Å². The van der Waals surface area contributed by atoms with E-state index in [0.29, 0.717) is 17.7 Å². The van der Waals surface area contributed by atoms with E-state index >= 15 is 0 Å². The largest absolute Gasteiger partial charge is 0.277 e. The van der Waals surface area contributed by atoms with Gasteiger partial charge in [0.2, 0.25) is 0 Å². The lowest BCUT2D eigenvalue weighted by molar-refractivity contribution is 0.101. The number of amides is 1. The van der Waals surface area contributed by atoms with Crippen LogP contribution in [0.2, 0.25) is 0 Å². The first-order valence-electron chi connectivity index (χ1n) is 6.31. The molecule has 0 atom stereocenters. The summed E-state index contributed by atoms with van der Waals surface area (Å²) < 4.78 is 0. The van der Waals surface area contributed by atoms with Gasteiger partial charge < -0.3 is 0 Å². The number of hydrogen-bond acceptors (Lipinski definition) is 2. The minimum Gasteiger partial charge on any atom is -0.277 e. The third kappa shape index (κ3) is 1.79. The van der Waals surface area contributed by atoms with Gasteiger partial charge in [0, 0.05) is 16.8 Å². The fraction of sp³-hybridized carbons (Fsp3) is 0.0588. The zero-order valence-electron chi connectivity index (χ0n) is 10.8. The molecule has 0 unspecified atom stereocenters. The summed E-state index contributed by atoms with van der Waals surface area (Å²) in [6.45, 7) is 4.02. The summed E-state index contributed by atoms with van der Waals surface area (Å²) in [6, 6.07) is 17.0. The van der Waals surface area contributed by atoms with E-state index in [4.69, 9.17) is 5.26 Å². The quantitative estimate of drug-likeness (QED) is 0.830. The van der Waals surface area contributed by atoms with Crippen LogP contribution in [0.4, 0.5) is 5.69 Å². The van der Waals surface area contributed by atoms with E-state index in [1.165, 1.54) is 0 Å². The number of hydrogen-bond donors (Lipinski definition) is 0. The van der Waals surface area contributed by atoms with Gasteiger partial charge in [0.25, 0.3) is 5.91 Å². The van der Waals surface area contributed by atoms with Crippen molar-refractivity contribution in [3.63, 3.8) is 0 Å². The maximum atomic E-state index is 12.4. The molecule has 2 aromatic carbocycles. The molecule has 0 aliphatic carbocycles. The van der Waals surface area contributed by atoms with Gasteiger partial charge >= 0.3 is 0 Å². The molecular formula is C17H12N2O. The highest BCUT2D eigenvalue weighted by molar-refractivity contribution is 6.21. The summed E-state index contributed by atoms with van der Waals surface area (Å²) in [7, 11) is 0. The highest BCUT2D eigenvalue weighted by atomic mass is 16.2. The Bertz CT molecular complexity index is 703. The molecule has 1 amide bonds. The molecule has 0 radical (unpaired) electrons. The molecule has 2 aromatic rings. The highest BCUT2D eigenvalue weighted by Gasteiger charge is 2.31. The first-order chi connectivity index (χ1) is 9.72. The van der Waals surface area contributed by atoms with Crippen molar-refractivity contribution in [3.8, 4) is 6.07 Å². The molecule has 0 N–H and O–H groups in total. The predicted octanol–water partition coefficient (Wildman–Crippen LogP) is 3.38. The molecule has 0 fully saturated rings. The summed E-state index contributed by atoms with van der Waals surface area (Å²) in [5, 5.41) is 8.67. The molecule has 0 aromatic heterocycles. The number of fused-ring (bicyclic) bond motifs is 1. The van der Waals surface area contributed by atoms with Gasteiger partial charge in [-0.2, -0.15) is 5.26 Å². The lowest BCUT2D eigenvalue weighted by Gasteiger charge is -2.17. The summed E-state index contributed by atoms with van der Waals surface area (Å²) in [5.74, 6) is -0.0568. The summed E-state index contributed by atoms with van der Waals surface area (Å²) in [6.07, 6.45) is 0.370. The lowest BCUT2D eigenvalue weighted by atomic mass is 10.1. The van der Waals surface area contributed by atoms with Crippen LogP contribution >= 0.6 is 0 Å². The second kappa shape index (κ2) is 4.67. The van der Waals surface area contributed by atoms with Crippen molar-refractivity contribution in [1.82, 2.24) is 0 Å². The fourth-order valence-corrected chi connectivity index (χ4v) is 2.41. The van der Waals surface area contributed by atoms with Gasteiger partial charge in [0.05, 0.1) is 18.2 Å². The van der Waals surface area contributed by atoms with Gasteiger partial charge in [0.1, 0.15) is 0 Å². The SMILES string of the molecule is C=C1c2ccccc2C(=O)N1c1ccc(CC#N)cc1. The van der Waals surface area contributed by atoms with Gasteiger partial charge in [-0.25, -0.2) is 0 Å². The molecule has 0 spiro atoms. The second-order valence-corrected chi connectivity index (χ2v) is 4.63. The minimum atomic E-state index is -0.0568. The van der Waals surface area contributed by atoms with E-state index in [0.717, 1.165) is 16.8 Å². The Morgan fingerprint density at radius 1 is 1.05 bits per heavy atom. The normalized spacial score (nSPS) is 13.2. The van der Waals surface area contributed by atoms with Gasteiger partial charge in [-0.15, -0.1) is 0 Å². The van der Waals surface area contributed by atoms with Crippen LogP contribution in [0.25, 0.3) is 5.70 Å². The van der Waals surface area contributed by atoms with Crippen LogP contribution in [-0.2, 0) is 6.42 Å². The monoisotopic (exact) mass is 260 g/mol. The first kappa shape index (κ1) is 12.2.